The third-order valence-corrected chi connectivity index (χ3v) is 4.36. The minimum Gasteiger partial charge on any atom is -0.484 e. The van der Waals surface area contributed by atoms with E-state index >= 15 is 0 Å². The van der Waals surface area contributed by atoms with Crippen molar-refractivity contribution in [1.29, 1.82) is 0 Å². The lowest BCUT2D eigenvalue weighted by Gasteiger charge is -2.22. The fourth-order valence-corrected chi connectivity index (χ4v) is 3.03. The molecule has 3 aromatic rings. The summed E-state index contributed by atoms with van der Waals surface area (Å²) in [7, 11) is 0. The molecule has 6 nitrogen and oxygen atoms in total. The molecule has 0 spiro atoms. The number of carbonyl (C=O) groups is 1. The number of hydrogen-bond acceptors (Lipinski definition) is 6. The molecule has 168 valence electrons. The number of fused-ring (bicyclic) bond motifs is 1. The van der Waals surface area contributed by atoms with Crippen LogP contribution < -0.4 is 19.8 Å². The number of allylic oxidation sites excluding steroid dienone is 1. The second-order valence-corrected chi connectivity index (χ2v) is 8.17. The van der Waals surface area contributed by atoms with Crippen molar-refractivity contribution >= 4 is 16.9 Å². The van der Waals surface area contributed by atoms with Gasteiger partial charge in [-0.2, -0.15) is 0 Å². The van der Waals surface area contributed by atoms with E-state index in [-0.39, 0.29) is 23.7 Å². The summed E-state index contributed by atoms with van der Waals surface area (Å²) in [6.45, 7) is 7.94. The normalized spacial score (nSPS) is 11.6. The van der Waals surface area contributed by atoms with E-state index in [1.54, 1.807) is 48.5 Å². The first-order chi connectivity index (χ1) is 15.3. The molecule has 0 N–H and O–H groups in total. The molecular formula is C26H28O6. The van der Waals surface area contributed by atoms with Crippen LogP contribution in [0.15, 0.2) is 69.9 Å². The van der Waals surface area contributed by atoms with Crippen molar-refractivity contribution in [2.75, 3.05) is 6.61 Å². The molecule has 0 saturated heterocycles. The van der Waals surface area contributed by atoms with E-state index in [0.29, 0.717) is 23.1 Å². The maximum Gasteiger partial charge on any atom is 0.383 e. The predicted molar refractivity (Wildman–Crippen MR) is 124 cm³/mol. The number of esters is 1. The maximum absolute atomic E-state index is 12.9. The van der Waals surface area contributed by atoms with Gasteiger partial charge >= 0.3 is 11.6 Å². The standard InChI is InChI=1S/C26H28O6/c1-5-6-7-11-17-29-23-22(31-24(27)18-13-9-8-10-14-18)19-15-12-16-20(32-26(2,3)4)21(19)30-25(23)28/h6-10,12-16H,5,11,17H2,1-4H3/b7-6+. The summed E-state index contributed by atoms with van der Waals surface area (Å²) in [5.41, 5.74) is -0.707. The summed E-state index contributed by atoms with van der Waals surface area (Å²) in [5, 5.41) is 0.412. The minimum atomic E-state index is -0.738. The van der Waals surface area contributed by atoms with E-state index in [1.165, 1.54) is 0 Å². The van der Waals surface area contributed by atoms with Crippen LogP contribution in [0, 0.1) is 0 Å². The summed E-state index contributed by atoms with van der Waals surface area (Å²) in [4.78, 5) is 25.7. The Kier molecular flexibility index (Phi) is 7.36. The van der Waals surface area contributed by atoms with Crippen molar-refractivity contribution in [1.82, 2.24) is 0 Å². The quantitative estimate of drug-likeness (QED) is 0.189. The van der Waals surface area contributed by atoms with Gasteiger partial charge in [-0.15, -0.1) is 0 Å². The molecule has 0 aliphatic carbocycles. The smallest absolute Gasteiger partial charge is 0.383 e. The lowest BCUT2D eigenvalue weighted by molar-refractivity contribution is 0.0729. The van der Waals surface area contributed by atoms with Gasteiger partial charge < -0.3 is 18.6 Å². The number of ether oxygens (including phenoxy) is 3. The molecule has 0 fully saturated rings. The molecule has 1 heterocycles. The number of para-hydroxylation sites is 1. The van der Waals surface area contributed by atoms with E-state index in [1.807, 2.05) is 39.8 Å². The van der Waals surface area contributed by atoms with Crippen LogP contribution in [-0.2, 0) is 0 Å². The second-order valence-electron chi connectivity index (χ2n) is 8.17. The van der Waals surface area contributed by atoms with Gasteiger partial charge in [0.25, 0.3) is 0 Å². The van der Waals surface area contributed by atoms with Crippen LogP contribution in [0.1, 0.15) is 50.9 Å². The third-order valence-electron chi connectivity index (χ3n) is 4.36. The molecule has 0 unspecified atom stereocenters. The molecule has 0 saturated carbocycles. The van der Waals surface area contributed by atoms with Gasteiger partial charge in [-0.3, -0.25) is 0 Å². The van der Waals surface area contributed by atoms with Crippen molar-refractivity contribution < 1.29 is 23.4 Å². The Morgan fingerprint density at radius 2 is 1.75 bits per heavy atom. The molecule has 0 radical (unpaired) electrons. The van der Waals surface area contributed by atoms with Crippen LogP contribution in [0.3, 0.4) is 0 Å². The first-order valence-electron chi connectivity index (χ1n) is 10.6. The first-order valence-corrected chi connectivity index (χ1v) is 10.6. The second kappa shape index (κ2) is 10.2. The van der Waals surface area contributed by atoms with E-state index < -0.39 is 17.2 Å². The highest BCUT2D eigenvalue weighted by atomic mass is 16.6. The minimum absolute atomic E-state index is 0.0175. The fourth-order valence-electron chi connectivity index (χ4n) is 3.03. The van der Waals surface area contributed by atoms with Gasteiger partial charge in [0.2, 0.25) is 5.75 Å². The van der Waals surface area contributed by atoms with Crippen molar-refractivity contribution in [3.05, 3.63) is 76.7 Å². The molecule has 32 heavy (non-hydrogen) atoms. The van der Waals surface area contributed by atoms with Crippen molar-refractivity contribution in [2.45, 2.75) is 46.1 Å². The van der Waals surface area contributed by atoms with Crippen LogP contribution in [0.5, 0.6) is 17.2 Å². The molecule has 0 aliphatic rings. The summed E-state index contributed by atoms with van der Waals surface area (Å²) in [6, 6.07) is 13.7. The van der Waals surface area contributed by atoms with Gasteiger partial charge in [0.05, 0.1) is 17.6 Å². The van der Waals surface area contributed by atoms with E-state index in [0.717, 1.165) is 6.42 Å². The molecule has 2 aromatic carbocycles. The highest BCUT2D eigenvalue weighted by Gasteiger charge is 2.24. The lowest BCUT2D eigenvalue weighted by Crippen LogP contribution is -2.23. The molecule has 0 amide bonds. The Labute approximate surface area is 187 Å². The number of rotatable bonds is 8. The Bertz CT molecular complexity index is 1150. The topological polar surface area (TPSA) is 75.0 Å². The molecule has 0 bridgehead atoms. The van der Waals surface area contributed by atoms with Gasteiger partial charge in [0.15, 0.2) is 17.1 Å². The zero-order valence-electron chi connectivity index (χ0n) is 18.8. The Balaban J connectivity index is 2.08. The van der Waals surface area contributed by atoms with Crippen LogP contribution in [0.2, 0.25) is 0 Å². The lowest BCUT2D eigenvalue weighted by atomic mass is 10.1. The number of hydrogen-bond donors (Lipinski definition) is 0. The zero-order valence-corrected chi connectivity index (χ0v) is 18.8. The SMILES string of the molecule is CC/C=C/CCOc1c(OC(=O)c2ccccc2)c2cccc(OC(C)(C)C)c2oc1=O. The first kappa shape index (κ1) is 23.1. The van der Waals surface area contributed by atoms with Crippen LogP contribution >= 0.6 is 0 Å². The van der Waals surface area contributed by atoms with Gasteiger partial charge in [-0.1, -0.05) is 43.3 Å². The highest BCUT2D eigenvalue weighted by molar-refractivity contribution is 5.96. The van der Waals surface area contributed by atoms with Crippen molar-refractivity contribution in [3.8, 4) is 17.2 Å². The van der Waals surface area contributed by atoms with Gasteiger partial charge in [-0.25, -0.2) is 9.59 Å². The van der Waals surface area contributed by atoms with Gasteiger partial charge in [0.1, 0.15) is 5.60 Å². The molecule has 0 aliphatic heterocycles. The Morgan fingerprint density at radius 3 is 2.44 bits per heavy atom. The van der Waals surface area contributed by atoms with E-state index in [9.17, 15) is 9.59 Å². The average molecular weight is 437 g/mol. The third kappa shape index (κ3) is 5.78. The number of benzene rings is 2. The van der Waals surface area contributed by atoms with Crippen LogP contribution in [0.25, 0.3) is 11.0 Å². The average Bonchev–Trinajstić information content (AvgIpc) is 2.75. The van der Waals surface area contributed by atoms with Gasteiger partial charge in [0, 0.05) is 0 Å². The van der Waals surface area contributed by atoms with E-state index in [2.05, 4.69) is 0 Å². The van der Waals surface area contributed by atoms with E-state index in [4.69, 9.17) is 18.6 Å². The summed E-state index contributed by atoms with van der Waals surface area (Å²) < 4.78 is 22.9. The zero-order chi connectivity index (χ0) is 23.1. The summed E-state index contributed by atoms with van der Waals surface area (Å²) in [5.74, 6) is -0.347. The Morgan fingerprint density at radius 1 is 1.00 bits per heavy atom. The monoisotopic (exact) mass is 436 g/mol. The predicted octanol–water partition coefficient (Wildman–Crippen LogP) is 5.92. The molecule has 6 heteroatoms. The fraction of sp³-hybridized carbons (Fsp3) is 0.308. The molecular weight excluding hydrogens is 408 g/mol. The van der Waals surface area contributed by atoms with Crippen molar-refractivity contribution in [3.63, 3.8) is 0 Å². The maximum atomic E-state index is 12.9. The highest BCUT2D eigenvalue weighted by Crippen LogP contribution is 2.38. The Hall–Kier alpha value is -3.54. The van der Waals surface area contributed by atoms with Crippen LogP contribution in [0.4, 0.5) is 0 Å². The molecule has 3 rings (SSSR count). The largest absolute Gasteiger partial charge is 0.484 e. The molecule has 0 atom stereocenters. The summed E-state index contributed by atoms with van der Waals surface area (Å²) >= 11 is 0. The number of carbonyl (C=O) groups excluding carboxylic acids is 1. The van der Waals surface area contributed by atoms with Crippen LogP contribution in [-0.4, -0.2) is 18.2 Å². The summed E-state index contributed by atoms with van der Waals surface area (Å²) in [6.07, 6.45) is 5.49. The molecule has 1 aromatic heterocycles. The van der Waals surface area contributed by atoms with Gasteiger partial charge in [-0.05, 0) is 57.9 Å². The van der Waals surface area contributed by atoms with Crippen molar-refractivity contribution in [2.24, 2.45) is 0 Å².